The SMILES string of the molecule is O=C1CC(C2CCCCC2)/[N+](=C/c2ccccc2)N1. The second-order valence-corrected chi connectivity index (χ2v) is 5.65. The molecule has 1 aromatic carbocycles. The molecule has 3 heteroatoms. The van der Waals surface area contributed by atoms with Crippen molar-refractivity contribution >= 4 is 12.1 Å². The van der Waals surface area contributed by atoms with Gasteiger partial charge in [0.15, 0.2) is 6.04 Å². The Balaban J connectivity index is 1.82. The molecule has 0 aromatic heterocycles. The highest BCUT2D eigenvalue weighted by Crippen LogP contribution is 2.30. The molecule has 1 heterocycles. The average Bonchev–Trinajstić information content (AvgIpc) is 2.82. The number of hydrazine groups is 1. The van der Waals surface area contributed by atoms with Gasteiger partial charge in [-0.05, 0) is 25.0 Å². The van der Waals surface area contributed by atoms with Crippen LogP contribution in [0.2, 0.25) is 0 Å². The van der Waals surface area contributed by atoms with Crippen LogP contribution in [0.25, 0.3) is 0 Å². The van der Waals surface area contributed by atoms with Crippen LogP contribution >= 0.6 is 0 Å². The molecule has 19 heavy (non-hydrogen) atoms. The number of nitrogens with one attached hydrogen (secondary N) is 1. The Morgan fingerprint density at radius 3 is 2.58 bits per heavy atom. The van der Waals surface area contributed by atoms with Crippen LogP contribution in [0.1, 0.15) is 44.1 Å². The molecule has 2 fully saturated rings. The van der Waals surface area contributed by atoms with Crippen LogP contribution in [0.15, 0.2) is 30.3 Å². The van der Waals surface area contributed by atoms with E-state index in [4.69, 9.17) is 0 Å². The fraction of sp³-hybridized carbons (Fsp3) is 0.500. The van der Waals surface area contributed by atoms with Gasteiger partial charge in [0.25, 0.3) is 5.91 Å². The maximum Gasteiger partial charge on any atom is 0.281 e. The zero-order valence-corrected chi connectivity index (χ0v) is 11.2. The minimum atomic E-state index is 0.155. The summed E-state index contributed by atoms with van der Waals surface area (Å²) in [6.45, 7) is 0. The van der Waals surface area contributed by atoms with Gasteiger partial charge in [-0.3, -0.25) is 4.79 Å². The van der Waals surface area contributed by atoms with Crippen molar-refractivity contribution in [3.8, 4) is 0 Å². The standard InChI is InChI=1S/C16H20N2O/c19-16-11-15(14-9-5-2-6-10-14)18(17-16)12-13-7-3-1-4-8-13/h1,3-4,7-8,12,14-15H,2,5-6,9-11H2/p+1/b18-12-. The molecule has 0 bridgehead atoms. The summed E-state index contributed by atoms with van der Waals surface area (Å²) < 4.78 is 2.05. The smallest absolute Gasteiger partial charge is 0.269 e. The van der Waals surface area contributed by atoms with E-state index in [9.17, 15) is 4.79 Å². The Hall–Kier alpha value is -1.64. The summed E-state index contributed by atoms with van der Waals surface area (Å²) in [4.78, 5) is 11.7. The Kier molecular flexibility index (Phi) is 3.62. The molecule has 1 saturated carbocycles. The van der Waals surface area contributed by atoms with Crippen molar-refractivity contribution < 1.29 is 9.48 Å². The van der Waals surface area contributed by atoms with Gasteiger partial charge in [0.05, 0.1) is 6.42 Å². The molecular formula is C16H21N2O+. The normalized spacial score (nSPS) is 26.6. The molecule has 2 aliphatic rings. The molecular weight excluding hydrogens is 236 g/mol. The molecule has 1 N–H and O–H groups in total. The molecule has 1 aliphatic heterocycles. The predicted molar refractivity (Wildman–Crippen MR) is 75.0 cm³/mol. The summed E-state index contributed by atoms with van der Waals surface area (Å²) in [5, 5.41) is 0. The highest BCUT2D eigenvalue weighted by atomic mass is 16.2. The maximum absolute atomic E-state index is 11.7. The van der Waals surface area contributed by atoms with Crippen molar-refractivity contribution in [3.63, 3.8) is 0 Å². The number of carbonyl (C=O) groups is 1. The zero-order chi connectivity index (χ0) is 13.1. The fourth-order valence-electron chi connectivity index (χ4n) is 3.30. The van der Waals surface area contributed by atoms with E-state index in [1.165, 1.54) is 32.1 Å². The van der Waals surface area contributed by atoms with Crippen LogP contribution < -0.4 is 5.43 Å². The van der Waals surface area contributed by atoms with Crippen molar-refractivity contribution in [3.05, 3.63) is 35.9 Å². The average molecular weight is 257 g/mol. The molecule has 1 atom stereocenters. The van der Waals surface area contributed by atoms with Crippen molar-refractivity contribution in [2.45, 2.75) is 44.6 Å². The van der Waals surface area contributed by atoms with E-state index in [0.29, 0.717) is 18.4 Å². The van der Waals surface area contributed by atoms with Gasteiger partial charge in [-0.25, -0.2) is 0 Å². The molecule has 1 aromatic rings. The van der Waals surface area contributed by atoms with Crippen molar-refractivity contribution in [1.82, 2.24) is 5.43 Å². The third kappa shape index (κ3) is 2.86. The van der Waals surface area contributed by atoms with Gasteiger partial charge < -0.3 is 0 Å². The summed E-state index contributed by atoms with van der Waals surface area (Å²) in [5.41, 5.74) is 4.13. The third-order valence-electron chi connectivity index (χ3n) is 4.29. The first kappa shape index (κ1) is 12.4. The van der Waals surface area contributed by atoms with Crippen LogP contribution in [0.4, 0.5) is 0 Å². The van der Waals surface area contributed by atoms with Crippen molar-refractivity contribution in [1.29, 1.82) is 0 Å². The van der Waals surface area contributed by atoms with Crippen LogP contribution in [0.3, 0.4) is 0 Å². The quantitative estimate of drug-likeness (QED) is 0.811. The topological polar surface area (TPSA) is 32.1 Å². The Bertz CT molecular complexity index is 475. The number of hydrazone groups is 1. The van der Waals surface area contributed by atoms with Gasteiger partial charge in [0.1, 0.15) is 0 Å². The zero-order valence-electron chi connectivity index (χ0n) is 11.2. The predicted octanol–water partition coefficient (Wildman–Crippen LogP) is 2.50. The van der Waals surface area contributed by atoms with Gasteiger partial charge >= 0.3 is 0 Å². The van der Waals surface area contributed by atoms with Crippen LogP contribution in [-0.4, -0.2) is 22.8 Å². The molecule has 1 unspecified atom stereocenters. The summed E-state index contributed by atoms with van der Waals surface area (Å²) in [5.74, 6) is 0.815. The minimum absolute atomic E-state index is 0.155. The Labute approximate surface area is 114 Å². The van der Waals surface area contributed by atoms with Crippen molar-refractivity contribution in [2.75, 3.05) is 0 Å². The van der Waals surface area contributed by atoms with Crippen LogP contribution in [-0.2, 0) is 4.79 Å². The highest BCUT2D eigenvalue weighted by Gasteiger charge is 2.40. The molecule has 1 amide bonds. The van der Waals surface area contributed by atoms with E-state index in [-0.39, 0.29) is 5.91 Å². The lowest BCUT2D eigenvalue weighted by atomic mass is 9.83. The number of hydrogen-bond donors (Lipinski definition) is 1. The van der Waals surface area contributed by atoms with Gasteiger partial charge in [-0.15, -0.1) is 10.1 Å². The highest BCUT2D eigenvalue weighted by molar-refractivity contribution is 5.80. The van der Waals surface area contributed by atoms with Crippen LogP contribution in [0.5, 0.6) is 0 Å². The number of nitrogens with zero attached hydrogens (tertiary/aromatic N) is 1. The van der Waals surface area contributed by atoms with Crippen LogP contribution in [0, 0.1) is 5.92 Å². The molecule has 100 valence electrons. The summed E-state index contributed by atoms with van der Waals surface area (Å²) in [7, 11) is 0. The number of hydrogen-bond acceptors (Lipinski definition) is 1. The lowest BCUT2D eigenvalue weighted by Gasteiger charge is -2.22. The number of carbonyl (C=O) groups excluding carboxylic acids is 1. The van der Waals surface area contributed by atoms with E-state index < -0.39 is 0 Å². The van der Waals surface area contributed by atoms with Gasteiger partial charge in [0, 0.05) is 11.5 Å². The van der Waals surface area contributed by atoms with E-state index >= 15 is 0 Å². The Morgan fingerprint density at radius 1 is 1.11 bits per heavy atom. The largest absolute Gasteiger partial charge is 0.281 e. The molecule has 0 spiro atoms. The first-order chi connectivity index (χ1) is 9.33. The minimum Gasteiger partial charge on any atom is -0.269 e. The molecule has 3 rings (SSSR count). The monoisotopic (exact) mass is 257 g/mol. The number of benzene rings is 1. The molecule has 0 radical (unpaired) electrons. The summed E-state index contributed by atoms with van der Waals surface area (Å²) in [6, 6.07) is 10.6. The third-order valence-corrected chi connectivity index (χ3v) is 4.29. The summed E-state index contributed by atoms with van der Waals surface area (Å²) >= 11 is 0. The first-order valence-electron chi connectivity index (χ1n) is 7.31. The Morgan fingerprint density at radius 2 is 1.84 bits per heavy atom. The van der Waals surface area contributed by atoms with E-state index in [0.717, 1.165) is 5.56 Å². The van der Waals surface area contributed by atoms with Gasteiger partial charge in [-0.2, -0.15) is 0 Å². The second kappa shape index (κ2) is 5.55. The van der Waals surface area contributed by atoms with E-state index in [2.05, 4.69) is 23.8 Å². The maximum atomic E-state index is 11.7. The second-order valence-electron chi connectivity index (χ2n) is 5.65. The fourth-order valence-corrected chi connectivity index (χ4v) is 3.30. The number of amides is 1. The van der Waals surface area contributed by atoms with Crippen molar-refractivity contribution in [2.24, 2.45) is 5.92 Å². The molecule has 1 aliphatic carbocycles. The lowest BCUT2D eigenvalue weighted by Crippen LogP contribution is -2.35. The number of rotatable bonds is 2. The summed E-state index contributed by atoms with van der Waals surface area (Å²) in [6.07, 6.45) is 9.23. The van der Waals surface area contributed by atoms with Gasteiger partial charge in [0.2, 0.25) is 6.21 Å². The first-order valence-corrected chi connectivity index (χ1v) is 7.31. The van der Waals surface area contributed by atoms with E-state index in [1.807, 2.05) is 22.9 Å². The van der Waals surface area contributed by atoms with E-state index in [1.54, 1.807) is 0 Å². The molecule has 1 saturated heterocycles. The lowest BCUT2D eigenvalue weighted by molar-refractivity contribution is -0.597. The van der Waals surface area contributed by atoms with Gasteiger partial charge in [-0.1, -0.05) is 37.5 Å². The molecule has 3 nitrogen and oxygen atoms in total.